The maximum Gasteiger partial charge on any atom is 0.292 e. The highest BCUT2D eigenvalue weighted by atomic mass is 16.5. The van der Waals surface area contributed by atoms with E-state index in [1.165, 1.54) is 0 Å². The number of hydrogen-bond donors (Lipinski definition) is 1. The standard InChI is InChI=1S/C16H18N2O3/c1-2-10-21-15-7-4-8-18(16(15)19)9-11-20-14-6-3-5-13(17)12-14/h2-8,12H,1,9-11,17H2. The van der Waals surface area contributed by atoms with Gasteiger partial charge in [-0.3, -0.25) is 4.79 Å². The van der Waals surface area contributed by atoms with Gasteiger partial charge in [0, 0.05) is 18.0 Å². The van der Waals surface area contributed by atoms with Crippen molar-refractivity contribution in [3.8, 4) is 11.5 Å². The normalized spacial score (nSPS) is 10.1. The van der Waals surface area contributed by atoms with E-state index in [0.717, 1.165) is 0 Å². The van der Waals surface area contributed by atoms with Crippen LogP contribution < -0.4 is 20.8 Å². The molecular weight excluding hydrogens is 268 g/mol. The van der Waals surface area contributed by atoms with Gasteiger partial charge in [0.2, 0.25) is 0 Å². The highest BCUT2D eigenvalue weighted by Crippen LogP contribution is 2.14. The van der Waals surface area contributed by atoms with Crippen molar-refractivity contribution in [1.82, 2.24) is 4.57 Å². The second kappa shape index (κ2) is 7.19. The first-order valence-electron chi connectivity index (χ1n) is 6.62. The lowest BCUT2D eigenvalue weighted by Gasteiger charge is -2.10. The fourth-order valence-electron chi connectivity index (χ4n) is 1.82. The van der Waals surface area contributed by atoms with Crippen LogP contribution in [0.3, 0.4) is 0 Å². The molecular formula is C16H18N2O3. The van der Waals surface area contributed by atoms with Crippen LogP contribution in [0.5, 0.6) is 11.5 Å². The number of benzene rings is 1. The number of anilines is 1. The summed E-state index contributed by atoms with van der Waals surface area (Å²) in [5.74, 6) is 0.989. The van der Waals surface area contributed by atoms with Gasteiger partial charge in [-0.1, -0.05) is 18.7 Å². The Balaban J connectivity index is 1.97. The molecule has 0 spiro atoms. The minimum absolute atomic E-state index is 0.185. The van der Waals surface area contributed by atoms with Crippen molar-refractivity contribution in [3.05, 3.63) is 65.6 Å². The van der Waals surface area contributed by atoms with Crippen molar-refractivity contribution >= 4 is 5.69 Å². The van der Waals surface area contributed by atoms with E-state index >= 15 is 0 Å². The van der Waals surface area contributed by atoms with E-state index in [0.29, 0.717) is 36.9 Å². The molecule has 0 fully saturated rings. The molecule has 0 atom stereocenters. The molecule has 2 rings (SSSR count). The third-order valence-corrected chi connectivity index (χ3v) is 2.80. The number of pyridine rings is 1. The summed E-state index contributed by atoms with van der Waals surface area (Å²) in [5, 5.41) is 0. The summed E-state index contributed by atoms with van der Waals surface area (Å²) in [6, 6.07) is 10.6. The van der Waals surface area contributed by atoms with Crippen molar-refractivity contribution in [1.29, 1.82) is 0 Å². The molecule has 0 bridgehead atoms. The topological polar surface area (TPSA) is 66.5 Å². The fraction of sp³-hybridized carbons (Fsp3) is 0.188. The van der Waals surface area contributed by atoms with Gasteiger partial charge in [-0.2, -0.15) is 0 Å². The molecule has 5 nitrogen and oxygen atoms in total. The minimum Gasteiger partial charge on any atom is -0.492 e. The van der Waals surface area contributed by atoms with Gasteiger partial charge in [0.25, 0.3) is 5.56 Å². The molecule has 0 aliphatic rings. The van der Waals surface area contributed by atoms with Crippen molar-refractivity contribution in [2.24, 2.45) is 0 Å². The van der Waals surface area contributed by atoms with Crippen molar-refractivity contribution < 1.29 is 9.47 Å². The summed E-state index contributed by atoms with van der Waals surface area (Å²) in [5.41, 5.74) is 6.13. The van der Waals surface area contributed by atoms with E-state index in [1.54, 1.807) is 41.1 Å². The lowest BCUT2D eigenvalue weighted by Crippen LogP contribution is -2.24. The van der Waals surface area contributed by atoms with E-state index in [2.05, 4.69) is 6.58 Å². The van der Waals surface area contributed by atoms with Gasteiger partial charge in [0.05, 0.1) is 6.54 Å². The Morgan fingerprint density at radius 3 is 2.86 bits per heavy atom. The molecule has 0 radical (unpaired) electrons. The zero-order chi connectivity index (χ0) is 15.1. The smallest absolute Gasteiger partial charge is 0.292 e. The maximum atomic E-state index is 12.1. The van der Waals surface area contributed by atoms with Gasteiger partial charge in [0.1, 0.15) is 19.0 Å². The first-order chi connectivity index (χ1) is 10.2. The highest BCUT2D eigenvalue weighted by Gasteiger charge is 2.03. The number of ether oxygens (including phenoxy) is 2. The van der Waals surface area contributed by atoms with E-state index in [-0.39, 0.29) is 5.56 Å². The Morgan fingerprint density at radius 2 is 2.10 bits per heavy atom. The number of nitrogens with zero attached hydrogens (tertiary/aromatic N) is 1. The zero-order valence-electron chi connectivity index (χ0n) is 11.7. The SMILES string of the molecule is C=CCOc1cccn(CCOc2cccc(N)c2)c1=O. The molecule has 1 aromatic heterocycles. The Kier molecular flexibility index (Phi) is 5.04. The van der Waals surface area contributed by atoms with Crippen LogP contribution in [-0.2, 0) is 6.54 Å². The first kappa shape index (κ1) is 14.7. The lowest BCUT2D eigenvalue weighted by atomic mass is 10.3. The number of nitrogens with two attached hydrogens (primary N) is 1. The number of nitrogen functional groups attached to an aromatic ring is 1. The second-order valence-electron chi connectivity index (χ2n) is 4.39. The number of aromatic nitrogens is 1. The van der Waals surface area contributed by atoms with Crippen LogP contribution in [0.25, 0.3) is 0 Å². The molecule has 0 aliphatic heterocycles. The summed E-state index contributed by atoms with van der Waals surface area (Å²) in [7, 11) is 0. The summed E-state index contributed by atoms with van der Waals surface area (Å²) < 4.78 is 12.4. The molecule has 0 saturated carbocycles. The van der Waals surface area contributed by atoms with Crippen LogP contribution in [0.15, 0.2) is 60.0 Å². The van der Waals surface area contributed by atoms with Crippen molar-refractivity contribution in [2.75, 3.05) is 18.9 Å². The second-order valence-corrected chi connectivity index (χ2v) is 4.39. The Hall–Kier alpha value is -2.69. The third-order valence-electron chi connectivity index (χ3n) is 2.80. The molecule has 21 heavy (non-hydrogen) atoms. The monoisotopic (exact) mass is 286 g/mol. The highest BCUT2D eigenvalue weighted by molar-refractivity contribution is 5.43. The molecule has 1 heterocycles. The number of rotatable bonds is 7. The van der Waals surface area contributed by atoms with Gasteiger partial charge in [-0.15, -0.1) is 0 Å². The van der Waals surface area contributed by atoms with Crippen LogP contribution in [0.4, 0.5) is 5.69 Å². The van der Waals surface area contributed by atoms with Gasteiger partial charge in [-0.25, -0.2) is 0 Å². The summed E-state index contributed by atoms with van der Waals surface area (Å²) in [4.78, 5) is 12.1. The lowest BCUT2D eigenvalue weighted by molar-refractivity contribution is 0.293. The third kappa shape index (κ3) is 4.14. The minimum atomic E-state index is -0.185. The molecule has 2 aromatic rings. The average molecular weight is 286 g/mol. The van der Waals surface area contributed by atoms with Crippen LogP contribution >= 0.6 is 0 Å². The van der Waals surface area contributed by atoms with Crippen molar-refractivity contribution in [2.45, 2.75) is 6.54 Å². The Labute approximate surface area is 123 Å². The van der Waals surface area contributed by atoms with Crippen LogP contribution in [0, 0.1) is 0 Å². The first-order valence-corrected chi connectivity index (χ1v) is 6.62. The molecule has 0 amide bonds. The summed E-state index contributed by atoms with van der Waals surface area (Å²) >= 11 is 0. The summed E-state index contributed by atoms with van der Waals surface area (Å²) in [6.07, 6.45) is 3.30. The van der Waals surface area contributed by atoms with Gasteiger partial charge < -0.3 is 19.8 Å². The predicted molar refractivity (Wildman–Crippen MR) is 82.7 cm³/mol. The molecule has 1 aromatic carbocycles. The number of hydrogen-bond acceptors (Lipinski definition) is 4. The van der Waals surface area contributed by atoms with E-state index in [4.69, 9.17) is 15.2 Å². The summed E-state index contributed by atoms with van der Waals surface area (Å²) in [6.45, 7) is 4.66. The predicted octanol–water partition coefficient (Wildman–Crippen LogP) is 2.07. The van der Waals surface area contributed by atoms with Gasteiger partial charge in [-0.05, 0) is 24.3 Å². The van der Waals surface area contributed by atoms with Crippen LogP contribution in [-0.4, -0.2) is 17.8 Å². The molecule has 0 unspecified atom stereocenters. The molecule has 0 saturated heterocycles. The molecule has 5 heteroatoms. The molecule has 110 valence electrons. The van der Waals surface area contributed by atoms with Gasteiger partial charge >= 0.3 is 0 Å². The fourth-order valence-corrected chi connectivity index (χ4v) is 1.82. The van der Waals surface area contributed by atoms with Crippen LogP contribution in [0.1, 0.15) is 0 Å². The van der Waals surface area contributed by atoms with Gasteiger partial charge in [0.15, 0.2) is 5.75 Å². The van der Waals surface area contributed by atoms with Crippen molar-refractivity contribution in [3.63, 3.8) is 0 Å². The largest absolute Gasteiger partial charge is 0.492 e. The Bertz CT molecular complexity index is 665. The Morgan fingerprint density at radius 1 is 1.24 bits per heavy atom. The average Bonchev–Trinajstić information content (AvgIpc) is 2.48. The molecule has 2 N–H and O–H groups in total. The molecule has 0 aliphatic carbocycles. The maximum absolute atomic E-state index is 12.1. The van der Waals surface area contributed by atoms with Crippen LogP contribution in [0.2, 0.25) is 0 Å². The zero-order valence-corrected chi connectivity index (χ0v) is 11.7. The quantitative estimate of drug-likeness (QED) is 0.625. The van der Waals surface area contributed by atoms with E-state index < -0.39 is 0 Å². The van der Waals surface area contributed by atoms with E-state index in [1.807, 2.05) is 12.1 Å². The van der Waals surface area contributed by atoms with E-state index in [9.17, 15) is 4.79 Å².